The van der Waals surface area contributed by atoms with Gasteiger partial charge in [0.1, 0.15) is 5.82 Å². The Morgan fingerprint density at radius 2 is 2.12 bits per heavy atom. The Balaban J connectivity index is 2.00. The van der Waals surface area contributed by atoms with Crippen LogP contribution in [0.3, 0.4) is 0 Å². The highest BCUT2D eigenvalue weighted by atomic mass is 32.2. The maximum atomic E-state index is 13.4. The predicted molar refractivity (Wildman–Crippen MR) is 71.1 cm³/mol. The molecule has 2 rings (SSSR count). The van der Waals surface area contributed by atoms with E-state index >= 15 is 0 Å². The largest absolute Gasteiger partial charge is 0.387 e. The molecule has 0 radical (unpaired) electrons. The molecule has 1 nitrogen and oxygen atoms in total. The van der Waals surface area contributed by atoms with E-state index < -0.39 is 6.10 Å². The summed E-state index contributed by atoms with van der Waals surface area (Å²) in [6.07, 6.45) is -0.536. The first-order valence-electron chi connectivity index (χ1n) is 5.28. The maximum Gasteiger partial charge on any atom is 0.136 e. The summed E-state index contributed by atoms with van der Waals surface area (Å²) in [5, 5.41) is 12.0. The van der Waals surface area contributed by atoms with Gasteiger partial charge < -0.3 is 5.11 Å². The van der Waals surface area contributed by atoms with Gasteiger partial charge >= 0.3 is 0 Å². The van der Waals surface area contributed by atoms with Gasteiger partial charge in [0.25, 0.3) is 0 Å². The Kier molecular flexibility index (Phi) is 4.20. The number of hydrogen-bond acceptors (Lipinski definition) is 3. The summed E-state index contributed by atoms with van der Waals surface area (Å²) >= 11 is 2.96. The second-order valence-corrected chi connectivity index (χ2v) is 5.87. The van der Waals surface area contributed by atoms with Gasteiger partial charge in [0, 0.05) is 15.5 Å². The standard InChI is InChI=1S/C13H13FOS2/c1-9-10(6-7-16-9)12(15)8-17-13-5-3-2-4-11(13)14/h2-7,12,15H,8H2,1H3. The molecule has 1 aromatic heterocycles. The van der Waals surface area contributed by atoms with Gasteiger partial charge in [0.05, 0.1) is 6.10 Å². The zero-order valence-corrected chi connectivity index (χ0v) is 11.0. The molecule has 0 fully saturated rings. The molecule has 17 heavy (non-hydrogen) atoms. The van der Waals surface area contributed by atoms with Gasteiger partial charge in [-0.1, -0.05) is 12.1 Å². The van der Waals surface area contributed by atoms with Gasteiger partial charge in [0.2, 0.25) is 0 Å². The second-order valence-electron chi connectivity index (χ2n) is 3.69. The van der Waals surface area contributed by atoms with E-state index in [1.807, 2.05) is 18.4 Å². The van der Waals surface area contributed by atoms with Crippen LogP contribution in [0.5, 0.6) is 0 Å². The van der Waals surface area contributed by atoms with Gasteiger partial charge in [-0.25, -0.2) is 4.39 Å². The molecular weight excluding hydrogens is 255 g/mol. The number of aliphatic hydroxyl groups excluding tert-OH is 1. The minimum absolute atomic E-state index is 0.230. The van der Waals surface area contributed by atoms with E-state index in [0.717, 1.165) is 10.4 Å². The van der Waals surface area contributed by atoms with Crippen molar-refractivity contribution in [2.45, 2.75) is 17.9 Å². The Hall–Kier alpha value is -0.840. The molecule has 0 aliphatic heterocycles. The van der Waals surface area contributed by atoms with Gasteiger partial charge in [0.15, 0.2) is 0 Å². The Morgan fingerprint density at radius 3 is 2.76 bits per heavy atom. The van der Waals surface area contributed by atoms with E-state index in [0.29, 0.717) is 10.6 Å². The van der Waals surface area contributed by atoms with Crippen molar-refractivity contribution in [2.24, 2.45) is 0 Å². The van der Waals surface area contributed by atoms with Gasteiger partial charge in [-0.2, -0.15) is 0 Å². The number of hydrogen-bond donors (Lipinski definition) is 1. The normalized spacial score (nSPS) is 12.6. The van der Waals surface area contributed by atoms with E-state index in [2.05, 4.69) is 0 Å². The third kappa shape index (κ3) is 3.09. The fourth-order valence-electron chi connectivity index (χ4n) is 1.56. The molecule has 1 unspecified atom stereocenters. The summed E-state index contributed by atoms with van der Waals surface area (Å²) in [5.41, 5.74) is 0.943. The first kappa shape index (κ1) is 12.6. The molecular formula is C13H13FOS2. The molecule has 4 heteroatoms. The molecule has 1 heterocycles. The molecule has 2 aromatic rings. The third-order valence-corrected chi connectivity index (χ3v) is 4.48. The fourth-order valence-corrected chi connectivity index (χ4v) is 3.22. The van der Waals surface area contributed by atoms with Crippen LogP contribution in [-0.4, -0.2) is 10.9 Å². The van der Waals surface area contributed by atoms with Crippen LogP contribution in [0.1, 0.15) is 16.5 Å². The van der Waals surface area contributed by atoms with Crippen molar-refractivity contribution >= 4 is 23.1 Å². The van der Waals surface area contributed by atoms with E-state index in [-0.39, 0.29) is 5.82 Å². The van der Waals surface area contributed by atoms with Crippen molar-refractivity contribution in [1.29, 1.82) is 0 Å². The van der Waals surface area contributed by atoms with Crippen LogP contribution in [0.15, 0.2) is 40.6 Å². The number of aryl methyl sites for hydroxylation is 1. The van der Waals surface area contributed by atoms with Crippen LogP contribution in [0.25, 0.3) is 0 Å². The predicted octanol–water partition coefficient (Wildman–Crippen LogP) is 4.02. The molecule has 1 N–H and O–H groups in total. The summed E-state index contributed by atoms with van der Waals surface area (Å²) in [6.45, 7) is 1.98. The average Bonchev–Trinajstić information content (AvgIpc) is 2.74. The third-order valence-electron chi connectivity index (χ3n) is 2.49. The van der Waals surface area contributed by atoms with E-state index in [9.17, 15) is 9.50 Å². The number of thioether (sulfide) groups is 1. The van der Waals surface area contributed by atoms with Gasteiger partial charge in [-0.3, -0.25) is 0 Å². The zero-order chi connectivity index (χ0) is 12.3. The minimum Gasteiger partial charge on any atom is -0.387 e. The lowest BCUT2D eigenvalue weighted by molar-refractivity contribution is 0.204. The molecule has 0 saturated heterocycles. The molecule has 0 saturated carbocycles. The highest BCUT2D eigenvalue weighted by molar-refractivity contribution is 7.99. The summed E-state index contributed by atoms with van der Waals surface area (Å²) in [7, 11) is 0. The van der Waals surface area contributed by atoms with Crippen LogP contribution in [0.4, 0.5) is 4.39 Å². The van der Waals surface area contributed by atoms with Crippen LogP contribution < -0.4 is 0 Å². The zero-order valence-electron chi connectivity index (χ0n) is 9.39. The fraction of sp³-hybridized carbons (Fsp3) is 0.231. The van der Waals surface area contributed by atoms with E-state index in [1.165, 1.54) is 17.8 Å². The smallest absolute Gasteiger partial charge is 0.136 e. The molecule has 1 aromatic carbocycles. The van der Waals surface area contributed by atoms with Crippen LogP contribution >= 0.6 is 23.1 Å². The molecule has 90 valence electrons. The monoisotopic (exact) mass is 268 g/mol. The quantitative estimate of drug-likeness (QED) is 0.845. The lowest BCUT2D eigenvalue weighted by atomic mass is 10.2. The van der Waals surface area contributed by atoms with Crippen molar-refractivity contribution < 1.29 is 9.50 Å². The minimum atomic E-state index is -0.536. The first-order valence-corrected chi connectivity index (χ1v) is 7.14. The highest BCUT2D eigenvalue weighted by Crippen LogP contribution is 2.29. The lowest BCUT2D eigenvalue weighted by Crippen LogP contribution is -2.00. The Bertz CT molecular complexity index is 496. The molecule has 0 spiro atoms. The van der Waals surface area contributed by atoms with Crippen molar-refractivity contribution in [3.63, 3.8) is 0 Å². The number of aliphatic hydroxyl groups is 1. The van der Waals surface area contributed by atoms with Crippen LogP contribution in [0.2, 0.25) is 0 Å². The summed E-state index contributed by atoms with van der Waals surface area (Å²) in [6, 6.07) is 8.55. The molecule has 0 aliphatic rings. The number of benzene rings is 1. The molecule has 1 atom stereocenters. The number of halogens is 1. The van der Waals surface area contributed by atoms with Gasteiger partial charge in [-0.05, 0) is 36.1 Å². The highest BCUT2D eigenvalue weighted by Gasteiger charge is 2.12. The summed E-state index contributed by atoms with van der Waals surface area (Å²) in [5.74, 6) is 0.241. The maximum absolute atomic E-state index is 13.4. The summed E-state index contributed by atoms with van der Waals surface area (Å²) < 4.78 is 13.4. The van der Waals surface area contributed by atoms with Crippen molar-refractivity contribution in [3.05, 3.63) is 52.0 Å². The second kappa shape index (κ2) is 5.67. The van der Waals surface area contributed by atoms with E-state index in [1.54, 1.807) is 29.5 Å². The van der Waals surface area contributed by atoms with Crippen molar-refractivity contribution in [2.75, 3.05) is 5.75 Å². The summed E-state index contributed by atoms with van der Waals surface area (Å²) in [4.78, 5) is 1.70. The van der Waals surface area contributed by atoms with Crippen LogP contribution in [0, 0.1) is 12.7 Å². The SMILES string of the molecule is Cc1sccc1C(O)CSc1ccccc1F. The first-order chi connectivity index (χ1) is 8.18. The Morgan fingerprint density at radius 1 is 1.35 bits per heavy atom. The Labute approximate surface area is 108 Å². The molecule has 0 aliphatic carbocycles. The average molecular weight is 268 g/mol. The number of rotatable bonds is 4. The van der Waals surface area contributed by atoms with Gasteiger partial charge in [-0.15, -0.1) is 23.1 Å². The molecule has 0 bridgehead atoms. The molecule has 0 amide bonds. The topological polar surface area (TPSA) is 20.2 Å². The lowest BCUT2D eigenvalue weighted by Gasteiger charge is -2.10. The van der Waals surface area contributed by atoms with E-state index in [4.69, 9.17) is 0 Å². The van der Waals surface area contributed by atoms with Crippen LogP contribution in [-0.2, 0) is 0 Å². The number of thiophene rings is 1. The van der Waals surface area contributed by atoms with Crippen molar-refractivity contribution in [1.82, 2.24) is 0 Å². The van der Waals surface area contributed by atoms with Crippen molar-refractivity contribution in [3.8, 4) is 0 Å².